The van der Waals surface area contributed by atoms with Crippen LogP contribution in [0.2, 0.25) is 5.02 Å². The maximum atomic E-state index is 14.4. The van der Waals surface area contributed by atoms with Gasteiger partial charge in [0.2, 0.25) is 6.41 Å². The minimum Gasteiger partial charge on any atom is -0.372 e. The van der Waals surface area contributed by atoms with Crippen molar-refractivity contribution >= 4 is 18.0 Å². The number of amides is 1. The van der Waals surface area contributed by atoms with Crippen LogP contribution in [0.25, 0.3) is 11.3 Å². The molecule has 7 heteroatoms. The third-order valence-corrected chi connectivity index (χ3v) is 4.90. The number of benzene rings is 2. The van der Waals surface area contributed by atoms with Crippen molar-refractivity contribution in [2.45, 2.75) is 53.9 Å². The van der Waals surface area contributed by atoms with E-state index < -0.39 is 11.6 Å². The van der Waals surface area contributed by atoms with E-state index in [2.05, 4.69) is 24.6 Å². The van der Waals surface area contributed by atoms with E-state index in [1.54, 1.807) is 0 Å². The molecule has 1 atom stereocenters. The van der Waals surface area contributed by atoms with Crippen LogP contribution < -0.4 is 11.5 Å². The van der Waals surface area contributed by atoms with E-state index in [0.29, 0.717) is 12.2 Å². The van der Waals surface area contributed by atoms with Gasteiger partial charge in [0.25, 0.3) is 0 Å². The third kappa shape index (κ3) is 8.84. The molecule has 1 aromatic heterocycles. The molecule has 0 saturated heterocycles. The molecule has 0 bridgehead atoms. The van der Waals surface area contributed by atoms with Crippen molar-refractivity contribution in [2.24, 2.45) is 11.5 Å². The van der Waals surface area contributed by atoms with Gasteiger partial charge in [-0.3, -0.25) is 9.78 Å². The normalized spacial score (nSPS) is 10.4. The summed E-state index contributed by atoms with van der Waals surface area (Å²) in [7, 11) is 0. The summed E-state index contributed by atoms with van der Waals surface area (Å²) in [6.07, 6.45) is 1.50. The van der Waals surface area contributed by atoms with Gasteiger partial charge in [-0.1, -0.05) is 76.0 Å². The first kappa shape index (κ1) is 31.2. The van der Waals surface area contributed by atoms with Crippen LogP contribution in [0, 0.1) is 25.5 Å². The molecular formula is C27H36ClF2N3O. The van der Waals surface area contributed by atoms with Crippen molar-refractivity contribution in [3.05, 3.63) is 87.6 Å². The molecule has 1 unspecified atom stereocenters. The summed E-state index contributed by atoms with van der Waals surface area (Å²) >= 11 is 5.86. The van der Waals surface area contributed by atoms with Crippen LogP contribution in [0.15, 0.2) is 48.5 Å². The number of hydrogen-bond donors (Lipinski definition) is 2. The number of nitrogens with zero attached hydrogens (tertiary/aromatic N) is 1. The van der Waals surface area contributed by atoms with Crippen molar-refractivity contribution in [3.63, 3.8) is 0 Å². The molecule has 1 amide bonds. The number of primary amides is 1. The Hall–Kier alpha value is -2.83. The monoisotopic (exact) mass is 491 g/mol. The Morgan fingerprint density at radius 1 is 1.03 bits per heavy atom. The SMILES string of the molecule is CC.CCC.Cc1cc(C(CN)c2ccccc2)nc(-c2cc(Cl)c(F)cc2F)c1C.NC=O. The van der Waals surface area contributed by atoms with Crippen molar-refractivity contribution in [1.29, 1.82) is 0 Å². The molecule has 34 heavy (non-hydrogen) atoms. The third-order valence-electron chi connectivity index (χ3n) is 4.61. The maximum Gasteiger partial charge on any atom is 0.204 e. The maximum absolute atomic E-state index is 14.4. The van der Waals surface area contributed by atoms with Gasteiger partial charge in [-0.25, -0.2) is 8.78 Å². The highest BCUT2D eigenvalue weighted by atomic mass is 35.5. The Kier molecular flexibility index (Phi) is 15.3. The second-order valence-electron chi connectivity index (χ2n) is 7.13. The topological polar surface area (TPSA) is 82.0 Å². The molecule has 0 aliphatic carbocycles. The van der Waals surface area contributed by atoms with Crippen molar-refractivity contribution < 1.29 is 13.6 Å². The van der Waals surface area contributed by atoms with E-state index in [9.17, 15) is 8.78 Å². The summed E-state index contributed by atoms with van der Waals surface area (Å²) < 4.78 is 27.9. The van der Waals surface area contributed by atoms with Gasteiger partial charge < -0.3 is 11.5 Å². The van der Waals surface area contributed by atoms with E-state index in [4.69, 9.17) is 22.1 Å². The van der Waals surface area contributed by atoms with Crippen molar-refractivity contribution in [1.82, 2.24) is 4.98 Å². The van der Waals surface area contributed by atoms with Gasteiger partial charge in [0, 0.05) is 24.1 Å². The van der Waals surface area contributed by atoms with E-state index >= 15 is 0 Å². The molecule has 3 aromatic rings. The van der Waals surface area contributed by atoms with E-state index in [0.717, 1.165) is 28.5 Å². The lowest BCUT2D eigenvalue weighted by molar-refractivity contribution is -0.106. The highest BCUT2D eigenvalue weighted by molar-refractivity contribution is 6.31. The summed E-state index contributed by atoms with van der Waals surface area (Å²) in [6, 6.07) is 13.8. The first-order chi connectivity index (χ1) is 16.2. The lowest BCUT2D eigenvalue weighted by atomic mass is 9.92. The molecule has 0 saturated carbocycles. The van der Waals surface area contributed by atoms with Gasteiger partial charge >= 0.3 is 0 Å². The molecule has 1 heterocycles. The summed E-state index contributed by atoms with van der Waals surface area (Å²) in [5.41, 5.74) is 14.4. The van der Waals surface area contributed by atoms with Gasteiger partial charge in [-0.05, 0) is 42.7 Å². The molecule has 2 aromatic carbocycles. The second kappa shape index (κ2) is 16.7. The summed E-state index contributed by atoms with van der Waals surface area (Å²) in [5, 5.41) is -0.135. The molecule has 4 nitrogen and oxygen atoms in total. The van der Waals surface area contributed by atoms with Crippen LogP contribution >= 0.6 is 11.6 Å². The smallest absolute Gasteiger partial charge is 0.204 e. The van der Waals surface area contributed by atoms with E-state index in [1.165, 1.54) is 12.5 Å². The van der Waals surface area contributed by atoms with Crippen LogP contribution in [0.3, 0.4) is 0 Å². The average Bonchev–Trinajstić information content (AvgIpc) is 2.82. The van der Waals surface area contributed by atoms with Gasteiger partial charge in [-0.15, -0.1) is 0 Å². The summed E-state index contributed by atoms with van der Waals surface area (Å²) in [4.78, 5) is 13.3. The van der Waals surface area contributed by atoms with Gasteiger partial charge in [0.1, 0.15) is 11.6 Å². The number of hydrogen-bond acceptors (Lipinski definition) is 3. The summed E-state index contributed by atoms with van der Waals surface area (Å²) in [6.45, 7) is 12.4. The Morgan fingerprint density at radius 3 is 2.06 bits per heavy atom. The van der Waals surface area contributed by atoms with E-state index in [1.807, 2.05) is 64.1 Å². The molecule has 0 aliphatic rings. The highest BCUT2D eigenvalue weighted by Crippen LogP contribution is 2.33. The fraction of sp³-hybridized carbons (Fsp3) is 0.333. The van der Waals surface area contributed by atoms with Gasteiger partial charge in [0.15, 0.2) is 0 Å². The Morgan fingerprint density at radius 2 is 1.56 bits per heavy atom. The Labute approximate surface area is 207 Å². The predicted octanol–water partition coefficient (Wildman–Crippen LogP) is 6.93. The number of halogens is 3. The number of pyridine rings is 1. The first-order valence-corrected chi connectivity index (χ1v) is 11.7. The van der Waals surface area contributed by atoms with Crippen LogP contribution in [-0.2, 0) is 4.79 Å². The van der Waals surface area contributed by atoms with Crippen molar-refractivity contribution in [2.75, 3.05) is 6.54 Å². The van der Waals surface area contributed by atoms with Crippen LogP contribution in [-0.4, -0.2) is 17.9 Å². The fourth-order valence-electron chi connectivity index (χ4n) is 3.02. The molecule has 4 N–H and O–H groups in total. The number of carbonyl (C=O) groups excluding carboxylic acids is 1. The first-order valence-electron chi connectivity index (χ1n) is 11.3. The van der Waals surface area contributed by atoms with Crippen LogP contribution in [0.5, 0.6) is 0 Å². The van der Waals surface area contributed by atoms with Crippen molar-refractivity contribution in [3.8, 4) is 11.3 Å². The molecule has 0 radical (unpaired) electrons. The Bertz CT molecular complexity index is 1010. The summed E-state index contributed by atoms with van der Waals surface area (Å²) in [5.74, 6) is -1.60. The quantitative estimate of drug-likeness (QED) is 0.306. The standard InChI is InChI=1S/C21H19ClF2N2.C3H8.C2H6.CH3NO/c1-12-8-20(16(11-25)14-6-4-3-5-7-14)26-21(13(12)2)15-9-17(22)19(24)10-18(15)23;1-3-2;1-2;2-1-3/h3-10,16H,11,25H2,1-2H3;3H2,1-2H3;1-2H3;1H,(H2,2,3). The minimum absolute atomic E-state index is 0.117. The lowest BCUT2D eigenvalue weighted by Gasteiger charge is -2.19. The molecule has 3 rings (SSSR count). The van der Waals surface area contributed by atoms with Crippen LogP contribution in [0.4, 0.5) is 8.78 Å². The molecule has 186 valence electrons. The number of aryl methyl sites for hydroxylation is 1. The number of rotatable bonds is 4. The Balaban J connectivity index is 0.00000121. The zero-order valence-corrected chi connectivity index (χ0v) is 21.6. The highest BCUT2D eigenvalue weighted by Gasteiger charge is 2.20. The fourth-order valence-corrected chi connectivity index (χ4v) is 3.18. The zero-order chi connectivity index (χ0) is 26.3. The average molecular weight is 492 g/mol. The van der Waals surface area contributed by atoms with Gasteiger partial charge in [0.05, 0.1) is 16.4 Å². The molecule has 0 spiro atoms. The molecule has 0 aliphatic heterocycles. The van der Waals surface area contributed by atoms with Crippen LogP contribution in [0.1, 0.15) is 62.4 Å². The molecular weight excluding hydrogens is 456 g/mol. The largest absolute Gasteiger partial charge is 0.372 e. The predicted molar refractivity (Wildman–Crippen MR) is 139 cm³/mol. The zero-order valence-electron chi connectivity index (χ0n) is 20.8. The second-order valence-corrected chi connectivity index (χ2v) is 7.53. The number of carbonyl (C=O) groups is 1. The number of aromatic nitrogens is 1. The van der Waals surface area contributed by atoms with Gasteiger partial charge in [-0.2, -0.15) is 0 Å². The lowest BCUT2D eigenvalue weighted by Crippen LogP contribution is -2.16. The minimum atomic E-state index is -0.789. The van der Waals surface area contributed by atoms with E-state index in [-0.39, 0.29) is 22.9 Å². The number of nitrogens with two attached hydrogens (primary N) is 2. The molecule has 0 fully saturated rings.